The van der Waals surface area contributed by atoms with Crippen LogP contribution < -0.4 is 10.0 Å². The molecule has 0 radical (unpaired) electrons. The third-order valence-electron chi connectivity index (χ3n) is 2.58. The van der Waals surface area contributed by atoms with Gasteiger partial charge in [-0.2, -0.15) is 5.10 Å². The Labute approximate surface area is 130 Å². The zero-order valence-electron chi connectivity index (χ0n) is 11.1. The lowest BCUT2D eigenvalue weighted by atomic mass is 10.4. The van der Waals surface area contributed by atoms with E-state index in [-0.39, 0.29) is 17.3 Å². The van der Waals surface area contributed by atoms with Crippen molar-refractivity contribution in [2.24, 2.45) is 0 Å². The highest BCUT2D eigenvalue weighted by Gasteiger charge is 2.15. The van der Waals surface area contributed by atoms with Gasteiger partial charge in [-0.05, 0) is 18.2 Å². The number of benzene rings is 1. The van der Waals surface area contributed by atoms with Crippen LogP contribution in [0.1, 0.15) is 0 Å². The minimum absolute atomic E-state index is 0.0229. The summed E-state index contributed by atoms with van der Waals surface area (Å²) in [5, 5.41) is 6.38. The van der Waals surface area contributed by atoms with Crippen molar-refractivity contribution in [1.29, 1.82) is 0 Å². The summed E-state index contributed by atoms with van der Waals surface area (Å²) in [6, 6.07) is 6.35. The van der Waals surface area contributed by atoms with Crippen LogP contribution in [-0.2, 0) is 21.4 Å². The van der Waals surface area contributed by atoms with Crippen molar-refractivity contribution < 1.29 is 13.2 Å². The number of amides is 1. The Kier molecular flexibility index (Phi) is 4.63. The van der Waals surface area contributed by atoms with Gasteiger partial charge in [0, 0.05) is 17.7 Å². The zero-order chi connectivity index (χ0) is 15.5. The highest BCUT2D eigenvalue weighted by molar-refractivity contribution is 9.10. The molecular weight excluding hydrogens is 360 g/mol. The Balaban J connectivity index is 2.16. The van der Waals surface area contributed by atoms with Gasteiger partial charge >= 0.3 is 0 Å². The summed E-state index contributed by atoms with van der Waals surface area (Å²) in [5.41, 5.74) is 0.291. The molecule has 9 heteroatoms. The second-order valence-corrected chi connectivity index (χ2v) is 6.76. The lowest BCUT2D eigenvalue weighted by Gasteiger charge is -2.06. The molecule has 7 nitrogen and oxygen atoms in total. The molecule has 0 saturated carbocycles. The van der Waals surface area contributed by atoms with E-state index >= 15 is 0 Å². The van der Waals surface area contributed by atoms with Crippen molar-refractivity contribution in [2.45, 2.75) is 11.4 Å². The number of sulfonamides is 1. The number of carbonyl (C=O) groups excluding carboxylic acids is 1. The average Bonchev–Trinajstić information content (AvgIpc) is 2.85. The van der Waals surface area contributed by atoms with Crippen LogP contribution in [0.5, 0.6) is 0 Å². The van der Waals surface area contributed by atoms with E-state index in [1.807, 2.05) is 0 Å². The van der Waals surface area contributed by atoms with Crippen LogP contribution in [0.2, 0.25) is 0 Å². The van der Waals surface area contributed by atoms with E-state index < -0.39 is 10.0 Å². The van der Waals surface area contributed by atoms with Crippen LogP contribution >= 0.6 is 15.9 Å². The van der Waals surface area contributed by atoms with E-state index in [9.17, 15) is 13.2 Å². The van der Waals surface area contributed by atoms with Gasteiger partial charge in [0.2, 0.25) is 5.91 Å². The predicted octanol–water partition coefficient (Wildman–Crippen LogP) is 1.19. The number of carbonyl (C=O) groups is 1. The second-order valence-electron chi connectivity index (χ2n) is 4.16. The molecule has 0 aliphatic heterocycles. The molecule has 0 saturated heterocycles. The smallest absolute Gasteiger partial charge is 0.262 e. The van der Waals surface area contributed by atoms with Gasteiger partial charge in [0.15, 0.2) is 0 Å². The van der Waals surface area contributed by atoms with Crippen molar-refractivity contribution in [3.8, 4) is 0 Å². The van der Waals surface area contributed by atoms with E-state index in [2.05, 4.69) is 31.1 Å². The molecule has 2 aromatic rings. The molecular formula is C12H13BrN4O3S. The van der Waals surface area contributed by atoms with Crippen LogP contribution in [0.25, 0.3) is 0 Å². The molecule has 0 fully saturated rings. The number of nitrogens with zero attached hydrogens (tertiary/aromatic N) is 2. The van der Waals surface area contributed by atoms with Gasteiger partial charge in [-0.25, -0.2) is 8.42 Å². The van der Waals surface area contributed by atoms with Crippen LogP contribution in [0.3, 0.4) is 0 Å². The van der Waals surface area contributed by atoms with E-state index in [0.29, 0.717) is 10.2 Å². The fraction of sp³-hybridized carbons (Fsp3) is 0.167. The molecule has 1 heterocycles. The van der Waals surface area contributed by atoms with Gasteiger partial charge in [-0.3, -0.25) is 14.2 Å². The first kappa shape index (κ1) is 15.5. The van der Waals surface area contributed by atoms with Crippen LogP contribution in [0.4, 0.5) is 5.69 Å². The number of halogens is 1. The Morgan fingerprint density at radius 3 is 2.86 bits per heavy atom. The number of rotatable bonds is 5. The second kappa shape index (κ2) is 6.27. The number of nitrogens with one attached hydrogen (secondary N) is 2. The monoisotopic (exact) mass is 372 g/mol. The zero-order valence-corrected chi connectivity index (χ0v) is 13.5. The number of aromatic nitrogens is 2. The topological polar surface area (TPSA) is 93.1 Å². The van der Waals surface area contributed by atoms with Gasteiger partial charge in [-0.15, -0.1) is 0 Å². The lowest BCUT2D eigenvalue weighted by molar-refractivity contribution is -0.121. The first-order valence-electron chi connectivity index (χ1n) is 5.92. The summed E-state index contributed by atoms with van der Waals surface area (Å²) in [5.74, 6) is -0.223. The molecule has 0 unspecified atom stereocenters. The lowest BCUT2D eigenvalue weighted by Crippen LogP contribution is -2.23. The molecule has 2 rings (SSSR count). The number of hydrogen-bond acceptors (Lipinski definition) is 4. The van der Waals surface area contributed by atoms with E-state index in [1.54, 1.807) is 12.1 Å². The van der Waals surface area contributed by atoms with Gasteiger partial charge < -0.3 is 5.32 Å². The van der Waals surface area contributed by atoms with Crippen LogP contribution in [-0.4, -0.2) is 31.2 Å². The van der Waals surface area contributed by atoms with E-state index in [4.69, 9.17) is 0 Å². The summed E-state index contributed by atoms with van der Waals surface area (Å²) >= 11 is 3.23. The van der Waals surface area contributed by atoms with Crippen molar-refractivity contribution in [1.82, 2.24) is 15.1 Å². The van der Waals surface area contributed by atoms with Gasteiger partial charge in [0.1, 0.15) is 6.54 Å². The molecule has 1 aromatic carbocycles. The number of hydrogen-bond donors (Lipinski definition) is 2. The largest absolute Gasteiger partial charge is 0.358 e. The highest BCUT2D eigenvalue weighted by Crippen LogP contribution is 2.19. The van der Waals surface area contributed by atoms with E-state index in [0.717, 1.165) is 0 Å². The first-order valence-corrected chi connectivity index (χ1v) is 8.20. The number of likely N-dealkylation sites (N-methyl/N-ethyl adjacent to an activating group) is 1. The molecule has 0 aliphatic carbocycles. The standard InChI is InChI=1S/C12H13BrN4O3S/c1-14-12(18)8-17-7-10(6-15-17)16-21(19,20)11-4-2-3-9(13)5-11/h2-7,16H,8H2,1H3,(H,14,18). The Morgan fingerprint density at radius 2 is 2.19 bits per heavy atom. The third kappa shape index (κ3) is 4.05. The third-order valence-corrected chi connectivity index (χ3v) is 4.45. The molecule has 0 aliphatic rings. The predicted molar refractivity (Wildman–Crippen MR) is 81.2 cm³/mol. The Hall–Kier alpha value is -1.87. The summed E-state index contributed by atoms with van der Waals surface area (Å²) < 4.78 is 28.8. The van der Waals surface area contributed by atoms with Crippen molar-refractivity contribution in [3.05, 3.63) is 41.1 Å². The van der Waals surface area contributed by atoms with Crippen LogP contribution in [0.15, 0.2) is 46.0 Å². The molecule has 0 atom stereocenters. The highest BCUT2D eigenvalue weighted by atomic mass is 79.9. The van der Waals surface area contributed by atoms with E-state index in [1.165, 1.54) is 36.3 Å². The minimum Gasteiger partial charge on any atom is -0.358 e. The molecule has 2 N–H and O–H groups in total. The first-order chi connectivity index (χ1) is 9.90. The molecule has 0 spiro atoms. The van der Waals surface area contributed by atoms with Crippen molar-refractivity contribution in [3.63, 3.8) is 0 Å². The van der Waals surface area contributed by atoms with Gasteiger partial charge in [-0.1, -0.05) is 22.0 Å². The van der Waals surface area contributed by atoms with Crippen molar-refractivity contribution >= 4 is 37.5 Å². The summed E-state index contributed by atoms with van der Waals surface area (Å²) in [6.45, 7) is 0.0229. The summed E-state index contributed by atoms with van der Waals surface area (Å²) in [7, 11) is -2.17. The quantitative estimate of drug-likeness (QED) is 0.824. The fourth-order valence-corrected chi connectivity index (χ4v) is 3.20. The average molecular weight is 373 g/mol. The SMILES string of the molecule is CNC(=O)Cn1cc(NS(=O)(=O)c2cccc(Br)c2)cn1. The maximum Gasteiger partial charge on any atom is 0.262 e. The molecule has 0 bridgehead atoms. The normalized spacial score (nSPS) is 11.1. The maximum atomic E-state index is 12.2. The van der Waals surface area contributed by atoms with Gasteiger partial charge in [0.25, 0.3) is 10.0 Å². The molecule has 21 heavy (non-hydrogen) atoms. The summed E-state index contributed by atoms with van der Waals surface area (Å²) in [6.07, 6.45) is 2.79. The Morgan fingerprint density at radius 1 is 1.43 bits per heavy atom. The van der Waals surface area contributed by atoms with Crippen molar-refractivity contribution in [2.75, 3.05) is 11.8 Å². The van der Waals surface area contributed by atoms with Gasteiger partial charge in [0.05, 0.1) is 16.8 Å². The Bertz CT molecular complexity index is 757. The maximum absolute atomic E-state index is 12.2. The summed E-state index contributed by atoms with van der Waals surface area (Å²) in [4.78, 5) is 11.4. The molecule has 112 valence electrons. The molecule has 1 amide bonds. The van der Waals surface area contributed by atoms with Crippen LogP contribution in [0, 0.1) is 0 Å². The minimum atomic E-state index is -3.69. The molecule has 1 aromatic heterocycles. The fourth-order valence-electron chi connectivity index (χ4n) is 1.58. The number of anilines is 1.